The third kappa shape index (κ3) is 1.48. The molecule has 0 amide bonds. The molecular formula is C8H12O4. The fraction of sp³-hybridized carbons (Fsp3) is 0.750. The highest BCUT2D eigenvalue weighted by atomic mass is 16.5. The van der Waals surface area contributed by atoms with Crippen LogP contribution in [0.25, 0.3) is 0 Å². The third-order valence-electron chi connectivity index (χ3n) is 2.20. The van der Waals surface area contributed by atoms with E-state index in [1.807, 2.05) is 6.92 Å². The quantitative estimate of drug-likeness (QED) is 0.596. The number of carbonyl (C=O) groups excluding carboxylic acids is 2. The third-order valence-corrected chi connectivity index (χ3v) is 2.20. The molecule has 0 bridgehead atoms. The van der Waals surface area contributed by atoms with Crippen molar-refractivity contribution in [2.75, 3.05) is 13.2 Å². The smallest absolute Gasteiger partial charge is 0.309 e. The molecule has 0 aromatic carbocycles. The Morgan fingerprint density at radius 3 is 2.92 bits per heavy atom. The molecule has 1 fully saturated rings. The van der Waals surface area contributed by atoms with Gasteiger partial charge in [0.15, 0.2) is 5.78 Å². The lowest BCUT2D eigenvalue weighted by Crippen LogP contribution is -2.25. The summed E-state index contributed by atoms with van der Waals surface area (Å²) in [6, 6.07) is 0. The molecule has 0 aromatic heterocycles. The summed E-state index contributed by atoms with van der Waals surface area (Å²) in [7, 11) is 0. The maximum Gasteiger partial charge on any atom is 0.309 e. The van der Waals surface area contributed by atoms with Crippen LogP contribution in [0.3, 0.4) is 0 Å². The average Bonchev–Trinajstić information content (AvgIpc) is 2.45. The molecule has 1 N–H and O–H groups in total. The van der Waals surface area contributed by atoms with Gasteiger partial charge in [-0.2, -0.15) is 0 Å². The minimum Gasteiger partial charge on any atom is -0.465 e. The minimum absolute atomic E-state index is 0.136. The second-order valence-corrected chi connectivity index (χ2v) is 2.88. The highest BCUT2D eigenvalue weighted by Gasteiger charge is 2.39. The van der Waals surface area contributed by atoms with Crippen LogP contribution in [-0.2, 0) is 14.3 Å². The molecule has 0 radical (unpaired) electrons. The van der Waals surface area contributed by atoms with Gasteiger partial charge in [0.2, 0.25) is 0 Å². The Morgan fingerprint density at radius 2 is 2.42 bits per heavy atom. The van der Waals surface area contributed by atoms with Crippen molar-refractivity contribution in [3.63, 3.8) is 0 Å². The molecule has 1 heterocycles. The molecule has 12 heavy (non-hydrogen) atoms. The summed E-state index contributed by atoms with van der Waals surface area (Å²) in [5.41, 5.74) is 0. The normalized spacial score (nSPS) is 28.7. The van der Waals surface area contributed by atoms with Crippen LogP contribution in [-0.4, -0.2) is 30.1 Å². The molecule has 2 unspecified atom stereocenters. The molecule has 0 saturated carbocycles. The SMILES string of the molecule is CCC1C(=O)OCC1C(=O)CO. The van der Waals surface area contributed by atoms with Crippen molar-refractivity contribution in [3.05, 3.63) is 0 Å². The maximum absolute atomic E-state index is 11.0. The number of esters is 1. The Kier molecular flexibility index (Phi) is 2.81. The van der Waals surface area contributed by atoms with Gasteiger partial charge >= 0.3 is 5.97 Å². The van der Waals surface area contributed by atoms with Crippen molar-refractivity contribution in [1.29, 1.82) is 0 Å². The van der Waals surface area contributed by atoms with Crippen LogP contribution in [0.4, 0.5) is 0 Å². The summed E-state index contributed by atoms with van der Waals surface area (Å²) in [5, 5.41) is 8.58. The molecule has 1 rings (SSSR count). The standard InChI is InChI=1S/C8H12O4/c1-2-5-6(7(10)3-9)4-12-8(5)11/h5-6,9H,2-4H2,1H3. The van der Waals surface area contributed by atoms with E-state index in [-0.39, 0.29) is 24.3 Å². The first-order chi connectivity index (χ1) is 5.70. The largest absolute Gasteiger partial charge is 0.465 e. The van der Waals surface area contributed by atoms with E-state index in [9.17, 15) is 9.59 Å². The summed E-state index contributed by atoms with van der Waals surface area (Å²) in [6.45, 7) is 1.46. The number of aliphatic hydroxyl groups is 1. The van der Waals surface area contributed by atoms with Gasteiger partial charge in [0.1, 0.15) is 13.2 Å². The van der Waals surface area contributed by atoms with Crippen molar-refractivity contribution in [3.8, 4) is 0 Å². The summed E-state index contributed by atoms with van der Waals surface area (Å²) in [6.07, 6.45) is 0.592. The van der Waals surface area contributed by atoms with E-state index in [4.69, 9.17) is 9.84 Å². The molecule has 68 valence electrons. The van der Waals surface area contributed by atoms with E-state index in [0.717, 1.165) is 0 Å². The Balaban J connectivity index is 2.66. The van der Waals surface area contributed by atoms with Gasteiger partial charge in [-0.05, 0) is 6.42 Å². The number of aliphatic hydroxyl groups excluding tert-OH is 1. The van der Waals surface area contributed by atoms with Crippen LogP contribution < -0.4 is 0 Å². The van der Waals surface area contributed by atoms with E-state index in [0.29, 0.717) is 6.42 Å². The van der Waals surface area contributed by atoms with Gasteiger partial charge in [0, 0.05) is 0 Å². The van der Waals surface area contributed by atoms with Crippen molar-refractivity contribution in [1.82, 2.24) is 0 Å². The number of ketones is 1. The molecule has 2 atom stereocenters. The maximum atomic E-state index is 11.0. The molecule has 4 nitrogen and oxygen atoms in total. The number of rotatable bonds is 3. The van der Waals surface area contributed by atoms with Crippen molar-refractivity contribution < 1.29 is 19.4 Å². The Labute approximate surface area is 70.5 Å². The van der Waals surface area contributed by atoms with Gasteiger partial charge in [-0.1, -0.05) is 6.92 Å². The van der Waals surface area contributed by atoms with Gasteiger partial charge < -0.3 is 9.84 Å². The Hall–Kier alpha value is -0.900. The van der Waals surface area contributed by atoms with Gasteiger partial charge in [-0.25, -0.2) is 0 Å². The average molecular weight is 172 g/mol. The minimum atomic E-state index is -0.502. The second kappa shape index (κ2) is 3.67. The zero-order valence-electron chi connectivity index (χ0n) is 6.95. The Morgan fingerprint density at radius 1 is 1.75 bits per heavy atom. The topological polar surface area (TPSA) is 63.6 Å². The molecule has 1 aliphatic heterocycles. The molecule has 0 spiro atoms. The lowest BCUT2D eigenvalue weighted by atomic mass is 9.90. The van der Waals surface area contributed by atoms with Crippen molar-refractivity contribution >= 4 is 11.8 Å². The van der Waals surface area contributed by atoms with Crippen LogP contribution in [0.2, 0.25) is 0 Å². The Bertz CT molecular complexity index is 199. The van der Waals surface area contributed by atoms with Crippen LogP contribution >= 0.6 is 0 Å². The van der Waals surface area contributed by atoms with E-state index in [1.165, 1.54) is 0 Å². The molecule has 1 aliphatic rings. The molecule has 0 aliphatic carbocycles. The number of hydrogen-bond acceptors (Lipinski definition) is 4. The predicted molar refractivity (Wildman–Crippen MR) is 40.3 cm³/mol. The number of Topliss-reactive ketones (excluding diaryl/α,β-unsaturated/α-hetero) is 1. The van der Waals surface area contributed by atoms with Crippen LogP contribution in [0.15, 0.2) is 0 Å². The highest BCUT2D eigenvalue weighted by Crippen LogP contribution is 2.25. The monoisotopic (exact) mass is 172 g/mol. The van der Waals surface area contributed by atoms with Gasteiger partial charge in [0.25, 0.3) is 0 Å². The number of carbonyl (C=O) groups is 2. The molecule has 4 heteroatoms. The van der Waals surface area contributed by atoms with Gasteiger partial charge in [0.05, 0.1) is 11.8 Å². The fourth-order valence-electron chi connectivity index (χ4n) is 1.45. The summed E-state index contributed by atoms with van der Waals surface area (Å²) >= 11 is 0. The lowest BCUT2D eigenvalue weighted by molar-refractivity contribution is -0.141. The first-order valence-corrected chi connectivity index (χ1v) is 4.01. The highest BCUT2D eigenvalue weighted by molar-refractivity contribution is 5.89. The van der Waals surface area contributed by atoms with Crippen molar-refractivity contribution in [2.24, 2.45) is 11.8 Å². The number of cyclic esters (lactones) is 1. The van der Waals surface area contributed by atoms with Gasteiger partial charge in [-0.15, -0.1) is 0 Å². The first kappa shape index (κ1) is 9.19. The van der Waals surface area contributed by atoms with E-state index >= 15 is 0 Å². The number of hydrogen-bond donors (Lipinski definition) is 1. The number of ether oxygens (including phenoxy) is 1. The summed E-state index contributed by atoms with van der Waals surface area (Å²) in [5.74, 6) is -1.38. The van der Waals surface area contributed by atoms with Crippen LogP contribution in [0.5, 0.6) is 0 Å². The van der Waals surface area contributed by atoms with Crippen LogP contribution in [0, 0.1) is 11.8 Å². The van der Waals surface area contributed by atoms with E-state index < -0.39 is 12.5 Å². The van der Waals surface area contributed by atoms with Crippen molar-refractivity contribution in [2.45, 2.75) is 13.3 Å². The summed E-state index contributed by atoms with van der Waals surface area (Å²) in [4.78, 5) is 22.0. The lowest BCUT2D eigenvalue weighted by Gasteiger charge is -2.09. The first-order valence-electron chi connectivity index (χ1n) is 4.01. The zero-order chi connectivity index (χ0) is 9.14. The predicted octanol–water partition coefficient (Wildman–Crippen LogP) is -0.253. The zero-order valence-corrected chi connectivity index (χ0v) is 6.95. The van der Waals surface area contributed by atoms with Crippen LogP contribution in [0.1, 0.15) is 13.3 Å². The summed E-state index contributed by atoms with van der Waals surface area (Å²) < 4.78 is 4.72. The fourth-order valence-corrected chi connectivity index (χ4v) is 1.45. The van der Waals surface area contributed by atoms with E-state index in [2.05, 4.69) is 0 Å². The van der Waals surface area contributed by atoms with E-state index in [1.54, 1.807) is 0 Å². The second-order valence-electron chi connectivity index (χ2n) is 2.88. The molecule has 1 saturated heterocycles. The molecule has 0 aromatic rings. The van der Waals surface area contributed by atoms with Gasteiger partial charge in [-0.3, -0.25) is 9.59 Å². The molecular weight excluding hydrogens is 160 g/mol.